The van der Waals surface area contributed by atoms with Gasteiger partial charge < -0.3 is 25.2 Å². The quantitative estimate of drug-likeness (QED) is 0.401. The predicted molar refractivity (Wildman–Crippen MR) is 131 cm³/mol. The Bertz CT molecular complexity index is 1130. The third kappa shape index (κ3) is 7.60. The van der Waals surface area contributed by atoms with Crippen LogP contribution in [-0.2, 0) is 11.3 Å². The minimum atomic E-state index is -1.10. The van der Waals surface area contributed by atoms with E-state index >= 15 is 0 Å². The molecule has 8 heteroatoms. The van der Waals surface area contributed by atoms with Crippen molar-refractivity contribution in [2.45, 2.75) is 31.8 Å². The molecule has 0 radical (unpaired) electrons. The zero-order chi connectivity index (χ0) is 25.2. The van der Waals surface area contributed by atoms with Crippen molar-refractivity contribution in [1.82, 2.24) is 10.6 Å². The highest BCUT2D eigenvalue weighted by Gasteiger charge is 2.24. The van der Waals surface area contributed by atoms with Crippen LogP contribution in [-0.4, -0.2) is 36.2 Å². The average Bonchev–Trinajstić information content (AvgIpc) is 2.88. The molecular weight excluding hydrogens is 448 g/mol. The Balaban J connectivity index is 1.52. The normalized spacial score (nSPS) is 12.2. The van der Waals surface area contributed by atoms with Crippen molar-refractivity contribution in [1.29, 1.82) is 0 Å². The van der Waals surface area contributed by atoms with E-state index in [0.717, 1.165) is 16.9 Å². The maximum atomic E-state index is 12.4. The van der Waals surface area contributed by atoms with Gasteiger partial charge in [0.1, 0.15) is 17.5 Å². The second kappa shape index (κ2) is 12.2. The van der Waals surface area contributed by atoms with Crippen LogP contribution < -0.4 is 20.1 Å². The molecule has 2 amide bonds. The van der Waals surface area contributed by atoms with Gasteiger partial charge in [-0.15, -0.1) is 0 Å². The van der Waals surface area contributed by atoms with Gasteiger partial charge in [0.2, 0.25) is 0 Å². The third-order valence-corrected chi connectivity index (χ3v) is 5.48. The molecule has 1 unspecified atom stereocenters. The van der Waals surface area contributed by atoms with E-state index in [1.165, 1.54) is 0 Å². The topological polar surface area (TPSA) is 114 Å². The molecule has 3 N–H and O–H groups in total. The second-order valence-corrected chi connectivity index (χ2v) is 8.03. The summed E-state index contributed by atoms with van der Waals surface area (Å²) < 4.78 is 10.4. The number of methoxy groups -OCH3 is 1. The van der Waals surface area contributed by atoms with Crippen LogP contribution in [0.1, 0.15) is 40.7 Å². The van der Waals surface area contributed by atoms with Gasteiger partial charge in [0.05, 0.1) is 7.11 Å². The zero-order valence-corrected chi connectivity index (χ0v) is 19.6. The van der Waals surface area contributed by atoms with Crippen molar-refractivity contribution in [2.75, 3.05) is 7.11 Å². The summed E-state index contributed by atoms with van der Waals surface area (Å²) in [4.78, 5) is 36.2. The summed E-state index contributed by atoms with van der Waals surface area (Å²) in [5.41, 5.74) is 2.16. The first-order valence-corrected chi connectivity index (χ1v) is 11.1. The van der Waals surface area contributed by atoms with Crippen LogP contribution in [0.3, 0.4) is 0 Å². The Hall–Kier alpha value is -4.33. The van der Waals surface area contributed by atoms with Crippen LogP contribution in [0.2, 0.25) is 0 Å². The van der Waals surface area contributed by atoms with Crippen molar-refractivity contribution >= 4 is 18.0 Å². The standard InChI is InChI=1S/C27H28N2O6/c1-18(16-24(26(31)32)29-25(30)21-6-4-3-5-7-21)20-10-14-23(15-11-20)35-27(33)28-17-19-8-12-22(34-2)13-9-19/h3-15,18,24H,16-17H2,1-2H3,(H,28,33)(H,29,30)(H,31,32)/t18?,24-/m0/s1. The number of aliphatic carboxylic acids is 1. The maximum Gasteiger partial charge on any atom is 0.412 e. The highest BCUT2D eigenvalue weighted by atomic mass is 16.6. The SMILES string of the molecule is COc1ccc(CNC(=O)Oc2ccc(C(C)C[C@H](NC(=O)c3ccccc3)C(=O)O)cc2)cc1. The second-order valence-electron chi connectivity index (χ2n) is 8.03. The Morgan fingerprint density at radius 2 is 1.51 bits per heavy atom. The van der Waals surface area contributed by atoms with E-state index in [-0.39, 0.29) is 12.3 Å². The van der Waals surface area contributed by atoms with E-state index in [9.17, 15) is 19.5 Å². The van der Waals surface area contributed by atoms with E-state index in [0.29, 0.717) is 17.9 Å². The van der Waals surface area contributed by atoms with Crippen LogP contribution >= 0.6 is 0 Å². The minimum absolute atomic E-state index is 0.162. The monoisotopic (exact) mass is 476 g/mol. The highest BCUT2D eigenvalue weighted by Crippen LogP contribution is 2.24. The number of benzene rings is 3. The van der Waals surface area contributed by atoms with Crippen LogP contribution in [0.25, 0.3) is 0 Å². The molecule has 0 aliphatic carbocycles. The Morgan fingerprint density at radius 1 is 0.886 bits per heavy atom. The molecule has 2 atom stereocenters. The summed E-state index contributed by atoms with van der Waals surface area (Å²) in [5.74, 6) is -0.603. The number of carboxylic acids is 1. The molecule has 0 saturated carbocycles. The number of hydrogen-bond donors (Lipinski definition) is 3. The van der Waals surface area contributed by atoms with Crippen LogP contribution in [0, 0.1) is 0 Å². The van der Waals surface area contributed by atoms with Crippen molar-refractivity contribution in [3.8, 4) is 11.5 Å². The smallest absolute Gasteiger partial charge is 0.412 e. The molecular formula is C27H28N2O6. The van der Waals surface area contributed by atoms with Crippen molar-refractivity contribution < 1.29 is 29.0 Å². The summed E-state index contributed by atoms with van der Waals surface area (Å²) >= 11 is 0. The first-order chi connectivity index (χ1) is 16.9. The summed E-state index contributed by atoms with van der Waals surface area (Å²) in [5, 5.41) is 14.8. The fraction of sp³-hybridized carbons (Fsp3) is 0.222. The number of ether oxygens (including phenoxy) is 2. The van der Waals surface area contributed by atoms with E-state index in [4.69, 9.17) is 9.47 Å². The minimum Gasteiger partial charge on any atom is -0.497 e. The molecule has 35 heavy (non-hydrogen) atoms. The van der Waals surface area contributed by atoms with Gasteiger partial charge >= 0.3 is 12.1 Å². The van der Waals surface area contributed by atoms with E-state index in [1.807, 2.05) is 31.2 Å². The van der Waals surface area contributed by atoms with Gasteiger partial charge in [0, 0.05) is 12.1 Å². The molecule has 0 bridgehead atoms. The molecule has 182 valence electrons. The van der Waals surface area contributed by atoms with Gasteiger partial charge in [-0.2, -0.15) is 0 Å². The fourth-order valence-corrected chi connectivity index (χ4v) is 3.47. The summed E-state index contributed by atoms with van der Waals surface area (Å²) in [6.07, 6.45) is -0.382. The zero-order valence-electron chi connectivity index (χ0n) is 19.6. The Morgan fingerprint density at radius 3 is 2.11 bits per heavy atom. The van der Waals surface area contributed by atoms with Crippen LogP contribution in [0.5, 0.6) is 11.5 Å². The lowest BCUT2D eigenvalue weighted by molar-refractivity contribution is -0.139. The largest absolute Gasteiger partial charge is 0.497 e. The number of rotatable bonds is 10. The molecule has 3 aromatic rings. The number of amides is 2. The van der Waals surface area contributed by atoms with E-state index < -0.39 is 24.0 Å². The van der Waals surface area contributed by atoms with Crippen LogP contribution in [0.15, 0.2) is 78.9 Å². The highest BCUT2D eigenvalue weighted by molar-refractivity contribution is 5.96. The molecule has 0 aliphatic heterocycles. The van der Waals surface area contributed by atoms with Gasteiger partial charge in [-0.3, -0.25) is 4.79 Å². The summed E-state index contributed by atoms with van der Waals surface area (Å²) in [6.45, 7) is 2.19. The maximum absolute atomic E-state index is 12.4. The lowest BCUT2D eigenvalue weighted by Gasteiger charge is -2.19. The Kier molecular flexibility index (Phi) is 8.83. The molecule has 8 nitrogen and oxygen atoms in total. The Labute approximate surface area is 203 Å². The van der Waals surface area contributed by atoms with Crippen molar-refractivity contribution in [3.05, 3.63) is 95.6 Å². The molecule has 0 heterocycles. The fourth-order valence-electron chi connectivity index (χ4n) is 3.47. The van der Waals surface area contributed by atoms with Crippen molar-refractivity contribution in [3.63, 3.8) is 0 Å². The number of carboxylic acid groups (broad SMARTS) is 1. The number of hydrogen-bond acceptors (Lipinski definition) is 5. The third-order valence-electron chi connectivity index (χ3n) is 5.48. The van der Waals surface area contributed by atoms with Crippen molar-refractivity contribution in [2.24, 2.45) is 0 Å². The van der Waals surface area contributed by atoms with Gasteiger partial charge in [-0.1, -0.05) is 49.4 Å². The number of carbonyl (C=O) groups is 3. The van der Waals surface area contributed by atoms with Gasteiger partial charge in [0.25, 0.3) is 5.91 Å². The van der Waals surface area contributed by atoms with Gasteiger partial charge in [-0.05, 0) is 59.9 Å². The predicted octanol–water partition coefficient (Wildman–Crippen LogP) is 4.36. The molecule has 0 aliphatic rings. The first kappa shape index (κ1) is 25.3. The van der Waals surface area contributed by atoms with E-state index in [2.05, 4.69) is 10.6 Å². The molecule has 3 aromatic carbocycles. The van der Waals surface area contributed by atoms with Gasteiger partial charge in [0.15, 0.2) is 0 Å². The molecule has 0 saturated heterocycles. The van der Waals surface area contributed by atoms with Gasteiger partial charge in [-0.25, -0.2) is 9.59 Å². The first-order valence-electron chi connectivity index (χ1n) is 11.1. The lowest BCUT2D eigenvalue weighted by Crippen LogP contribution is -2.41. The lowest BCUT2D eigenvalue weighted by atomic mass is 9.93. The molecule has 3 rings (SSSR count). The number of carbonyl (C=O) groups excluding carboxylic acids is 2. The average molecular weight is 477 g/mol. The van der Waals surface area contributed by atoms with E-state index in [1.54, 1.807) is 61.7 Å². The summed E-state index contributed by atoms with van der Waals surface area (Å²) in [6, 6.07) is 21.6. The number of nitrogens with one attached hydrogen (secondary N) is 2. The molecule has 0 spiro atoms. The summed E-state index contributed by atoms with van der Waals surface area (Å²) in [7, 11) is 1.59. The molecule has 0 aromatic heterocycles. The van der Waals surface area contributed by atoms with Crippen LogP contribution in [0.4, 0.5) is 4.79 Å². The molecule has 0 fully saturated rings.